The van der Waals surface area contributed by atoms with Gasteiger partial charge in [-0.2, -0.15) is 0 Å². The molecule has 0 spiro atoms. The minimum absolute atomic E-state index is 0.149. The van der Waals surface area contributed by atoms with Crippen LogP contribution in [-0.2, 0) is 21.4 Å². The van der Waals surface area contributed by atoms with E-state index in [-0.39, 0.29) is 24.1 Å². The molecule has 1 heterocycles. The number of halogens is 1. The van der Waals surface area contributed by atoms with Crippen LogP contribution in [-0.4, -0.2) is 16.8 Å². The number of amides is 2. The summed E-state index contributed by atoms with van der Waals surface area (Å²) in [4.78, 5) is 28.1. The van der Waals surface area contributed by atoms with Crippen LogP contribution >= 0.6 is 0 Å². The van der Waals surface area contributed by atoms with Gasteiger partial charge in [0.2, 0.25) is 11.8 Å². The zero-order valence-corrected chi connectivity index (χ0v) is 12.4. The summed E-state index contributed by atoms with van der Waals surface area (Å²) >= 11 is 0. The SMILES string of the molecule is O=C(Cc1ccncc1)NNC(=O)C1(c2cccc(F)c2)CC1. The molecule has 0 atom stereocenters. The number of hydrogen-bond donors (Lipinski definition) is 2. The second-order valence-electron chi connectivity index (χ2n) is 5.63. The molecular formula is C17H16FN3O2. The Bertz CT molecular complexity index is 730. The molecule has 1 aromatic carbocycles. The van der Waals surface area contributed by atoms with Gasteiger partial charge in [-0.25, -0.2) is 4.39 Å². The minimum atomic E-state index is -0.730. The van der Waals surface area contributed by atoms with Crippen LogP contribution in [0, 0.1) is 5.82 Å². The van der Waals surface area contributed by atoms with Gasteiger partial charge in [0.05, 0.1) is 11.8 Å². The Hall–Kier alpha value is -2.76. The van der Waals surface area contributed by atoms with E-state index in [4.69, 9.17) is 0 Å². The van der Waals surface area contributed by atoms with Crippen molar-refractivity contribution in [3.05, 3.63) is 65.7 Å². The van der Waals surface area contributed by atoms with Crippen molar-refractivity contribution in [2.24, 2.45) is 0 Å². The van der Waals surface area contributed by atoms with Crippen molar-refractivity contribution in [2.75, 3.05) is 0 Å². The lowest BCUT2D eigenvalue weighted by Gasteiger charge is -2.16. The summed E-state index contributed by atoms with van der Waals surface area (Å²) in [5.41, 5.74) is 5.57. The number of nitrogens with one attached hydrogen (secondary N) is 2. The molecule has 1 fully saturated rings. The van der Waals surface area contributed by atoms with Crippen molar-refractivity contribution in [1.29, 1.82) is 0 Å². The Morgan fingerprint density at radius 1 is 1.13 bits per heavy atom. The number of hydrazine groups is 1. The molecule has 6 heteroatoms. The van der Waals surface area contributed by atoms with E-state index < -0.39 is 5.41 Å². The summed E-state index contributed by atoms with van der Waals surface area (Å²) in [5.74, 6) is -1.01. The number of rotatable bonds is 4. The second-order valence-corrected chi connectivity index (χ2v) is 5.63. The first kappa shape index (κ1) is 15.1. The zero-order chi connectivity index (χ0) is 16.3. The largest absolute Gasteiger partial charge is 0.273 e. The smallest absolute Gasteiger partial charge is 0.249 e. The Balaban J connectivity index is 1.58. The summed E-state index contributed by atoms with van der Waals surface area (Å²) < 4.78 is 13.3. The maximum atomic E-state index is 13.3. The Labute approximate surface area is 132 Å². The van der Waals surface area contributed by atoms with Crippen LogP contribution in [0.4, 0.5) is 4.39 Å². The third kappa shape index (κ3) is 3.36. The maximum absolute atomic E-state index is 13.3. The molecule has 2 aromatic rings. The lowest BCUT2D eigenvalue weighted by atomic mass is 9.95. The molecule has 23 heavy (non-hydrogen) atoms. The average Bonchev–Trinajstić information content (AvgIpc) is 3.35. The van der Waals surface area contributed by atoms with Gasteiger partial charge in [-0.05, 0) is 48.2 Å². The highest BCUT2D eigenvalue weighted by molar-refractivity contribution is 5.92. The van der Waals surface area contributed by atoms with Gasteiger partial charge in [0.25, 0.3) is 0 Å². The Kier molecular flexibility index (Phi) is 4.06. The summed E-state index contributed by atoms with van der Waals surface area (Å²) in [7, 11) is 0. The molecule has 1 aromatic heterocycles. The predicted molar refractivity (Wildman–Crippen MR) is 81.5 cm³/mol. The van der Waals surface area contributed by atoms with Gasteiger partial charge in [-0.1, -0.05) is 12.1 Å². The third-order valence-electron chi connectivity index (χ3n) is 3.99. The molecule has 3 rings (SSSR count). The molecule has 0 aliphatic heterocycles. The van der Waals surface area contributed by atoms with E-state index in [1.54, 1.807) is 36.7 Å². The topological polar surface area (TPSA) is 71.1 Å². The van der Waals surface area contributed by atoms with Gasteiger partial charge >= 0.3 is 0 Å². The molecule has 1 aliphatic rings. The molecule has 0 unspecified atom stereocenters. The van der Waals surface area contributed by atoms with E-state index in [0.717, 1.165) is 5.56 Å². The fourth-order valence-electron chi connectivity index (χ4n) is 2.53. The normalized spacial score (nSPS) is 14.8. The monoisotopic (exact) mass is 313 g/mol. The van der Waals surface area contributed by atoms with Crippen LogP contribution in [0.5, 0.6) is 0 Å². The lowest BCUT2D eigenvalue weighted by molar-refractivity contribution is -0.130. The molecule has 2 N–H and O–H groups in total. The molecule has 1 aliphatic carbocycles. The standard InChI is InChI=1S/C17H16FN3O2/c18-14-3-1-2-13(11-14)17(6-7-17)16(23)21-20-15(22)10-12-4-8-19-9-5-12/h1-5,8-9,11H,6-7,10H2,(H,20,22)(H,21,23). The Morgan fingerprint density at radius 3 is 2.52 bits per heavy atom. The summed E-state index contributed by atoms with van der Waals surface area (Å²) in [6.45, 7) is 0. The van der Waals surface area contributed by atoms with Gasteiger partial charge in [0, 0.05) is 12.4 Å². The number of pyridine rings is 1. The molecular weight excluding hydrogens is 297 g/mol. The quantitative estimate of drug-likeness (QED) is 0.843. The maximum Gasteiger partial charge on any atom is 0.249 e. The average molecular weight is 313 g/mol. The molecule has 118 valence electrons. The number of carbonyl (C=O) groups excluding carboxylic acids is 2. The fourth-order valence-corrected chi connectivity index (χ4v) is 2.53. The van der Waals surface area contributed by atoms with Crippen molar-refractivity contribution >= 4 is 11.8 Å². The third-order valence-corrected chi connectivity index (χ3v) is 3.99. The minimum Gasteiger partial charge on any atom is -0.273 e. The van der Waals surface area contributed by atoms with Crippen LogP contribution in [0.25, 0.3) is 0 Å². The molecule has 2 amide bonds. The zero-order valence-electron chi connectivity index (χ0n) is 12.4. The number of carbonyl (C=O) groups is 2. The van der Waals surface area contributed by atoms with E-state index in [0.29, 0.717) is 18.4 Å². The van der Waals surface area contributed by atoms with E-state index in [1.807, 2.05) is 0 Å². The van der Waals surface area contributed by atoms with E-state index >= 15 is 0 Å². The number of nitrogens with zero attached hydrogens (tertiary/aromatic N) is 1. The summed E-state index contributed by atoms with van der Waals surface area (Å²) in [6, 6.07) is 9.49. The number of aromatic nitrogens is 1. The highest BCUT2D eigenvalue weighted by atomic mass is 19.1. The van der Waals surface area contributed by atoms with Crippen LogP contribution in [0.2, 0.25) is 0 Å². The molecule has 0 radical (unpaired) electrons. The van der Waals surface area contributed by atoms with Crippen molar-refractivity contribution in [3.8, 4) is 0 Å². The first-order valence-electron chi connectivity index (χ1n) is 7.34. The first-order chi connectivity index (χ1) is 11.1. The second kappa shape index (κ2) is 6.16. The Morgan fingerprint density at radius 2 is 1.87 bits per heavy atom. The van der Waals surface area contributed by atoms with Crippen LogP contribution in [0.15, 0.2) is 48.8 Å². The number of hydrogen-bond acceptors (Lipinski definition) is 3. The van der Waals surface area contributed by atoms with E-state index in [1.165, 1.54) is 12.1 Å². The highest BCUT2D eigenvalue weighted by Crippen LogP contribution is 2.48. The van der Waals surface area contributed by atoms with Crippen molar-refractivity contribution in [2.45, 2.75) is 24.7 Å². The predicted octanol–water partition coefficient (Wildman–Crippen LogP) is 1.64. The number of benzene rings is 1. The molecule has 5 nitrogen and oxygen atoms in total. The van der Waals surface area contributed by atoms with E-state index in [9.17, 15) is 14.0 Å². The summed E-state index contributed by atoms with van der Waals surface area (Å²) in [6.07, 6.45) is 4.63. The van der Waals surface area contributed by atoms with Crippen molar-refractivity contribution in [3.63, 3.8) is 0 Å². The molecule has 1 saturated carbocycles. The lowest BCUT2D eigenvalue weighted by Crippen LogP contribution is -2.47. The van der Waals surface area contributed by atoms with Gasteiger partial charge in [-0.15, -0.1) is 0 Å². The first-order valence-corrected chi connectivity index (χ1v) is 7.34. The molecule has 0 bridgehead atoms. The molecule has 0 saturated heterocycles. The fraction of sp³-hybridized carbons (Fsp3) is 0.235. The van der Waals surface area contributed by atoms with Crippen LogP contribution in [0.3, 0.4) is 0 Å². The van der Waals surface area contributed by atoms with Gasteiger partial charge in [0.15, 0.2) is 0 Å². The van der Waals surface area contributed by atoms with Gasteiger partial charge in [-0.3, -0.25) is 25.4 Å². The van der Waals surface area contributed by atoms with Crippen molar-refractivity contribution in [1.82, 2.24) is 15.8 Å². The van der Waals surface area contributed by atoms with E-state index in [2.05, 4.69) is 15.8 Å². The van der Waals surface area contributed by atoms with Crippen LogP contribution in [0.1, 0.15) is 24.0 Å². The van der Waals surface area contributed by atoms with Crippen molar-refractivity contribution < 1.29 is 14.0 Å². The summed E-state index contributed by atoms with van der Waals surface area (Å²) in [5, 5.41) is 0. The van der Waals surface area contributed by atoms with Gasteiger partial charge in [0.1, 0.15) is 5.82 Å². The van der Waals surface area contributed by atoms with Crippen LogP contribution < -0.4 is 10.9 Å². The van der Waals surface area contributed by atoms with Gasteiger partial charge < -0.3 is 0 Å². The highest BCUT2D eigenvalue weighted by Gasteiger charge is 2.51.